The van der Waals surface area contributed by atoms with Crippen molar-refractivity contribution in [3.8, 4) is 0 Å². The van der Waals surface area contributed by atoms with E-state index in [0.717, 1.165) is 31.2 Å². The molecule has 0 radical (unpaired) electrons. The Kier molecular flexibility index (Phi) is 11.5. The van der Waals surface area contributed by atoms with Crippen molar-refractivity contribution in [1.29, 1.82) is 0 Å². The highest BCUT2D eigenvalue weighted by molar-refractivity contribution is 5.86. The maximum absolute atomic E-state index is 12.6. The van der Waals surface area contributed by atoms with Crippen LogP contribution in [0.1, 0.15) is 50.5 Å². The molecule has 1 aromatic carbocycles. The van der Waals surface area contributed by atoms with Gasteiger partial charge < -0.3 is 20.5 Å². The van der Waals surface area contributed by atoms with E-state index < -0.39 is 11.5 Å². The van der Waals surface area contributed by atoms with Crippen molar-refractivity contribution in [3.05, 3.63) is 61.2 Å². The largest absolute Gasteiger partial charge is 0.464 e. The van der Waals surface area contributed by atoms with Gasteiger partial charge in [0.05, 0.1) is 30.5 Å². The van der Waals surface area contributed by atoms with Gasteiger partial charge in [-0.3, -0.25) is 14.4 Å². The number of rotatable bonds is 15. The highest BCUT2D eigenvalue weighted by Gasteiger charge is 2.35. The van der Waals surface area contributed by atoms with Gasteiger partial charge in [0.1, 0.15) is 6.61 Å². The van der Waals surface area contributed by atoms with E-state index in [2.05, 4.69) is 23.8 Å². The fourth-order valence-corrected chi connectivity index (χ4v) is 4.38. The monoisotopic (exact) mass is 470 g/mol. The molecule has 2 rings (SSSR count). The summed E-state index contributed by atoms with van der Waals surface area (Å²) >= 11 is 0. The number of carbonyl (C=O) groups excluding carboxylic acids is 3. The van der Waals surface area contributed by atoms with Crippen LogP contribution in [0.5, 0.6) is 0 Å². The quantitative estimate of drug-likeness (QED) is 0.208. The number of nitrogens with one attached hydrogen (secondary N) is 2. The van der Waals surface area contributed by atoms with Gasteiger partial charge in [-0.2, -0.15) is 0 Å². The van der Waals surface area contributed by atoms with E-state index in [1.807, 2.05) is 30.3 Å². The van der Waals surface area contributed by atoms with Crippen LogP contribution >= 0.6 is 0 Å². The van der Waals surface area contributed by atoms with Crippen molar-refractivity contribution in [3.63, 3.8) is 0 Å². The van der Waals surface area contributed by atoms with Crippen LogP contribution in [-0.4, -0.2) is 48.2 Å². The van der Waals surface area contributed by atoms with E-state index in [9.17, 15) is 19.5 Å². The zero-order valence-electron chi connectivity index (χ0n) is 20.0. The van der Waals surface area contributed by atoms with Gasteiger partial charge in [-0.15, -0.1) is 13.2 Å². The summed E-state index contributed by atoms with van der Waals surface area (Å²) in [5, 5.41) is 15.4. The summed E-state index contributed by atoms with van der Waals surface area (Å²) in [6, 6.07) is 9.72. The number of amides is 2. The van der Waals surface area contributed by atoms with Gasteiger partial charge in [-0.25, -0.2) is 0 Å². The number of aliphatic hydroxyl groups excluding tert-OH is 1. The topological polar surface area (TPSA) is 105 Å². The Morgan fingerprint density at radius 3 is 2.32 bits per heavy atom. The van der Waals surface area contributed by atoms with Gasteiger partial charge in [0.2, 0.25) is 11.8 Å². The first-order valence-electron chi connectivity index (χ1n) is 12.0. The average Bonchev–Trinajstić information content (AvgIpc) is 3.30. The fraction of sp³-hybridized carbons (Fsp3) is 0.519. The molecular weight excluding hydrogens is 432 g/mol. The lowest BCUT2D eigenvalue weighted by molar-refractivity contribution is -0.148. The zero-order chi connectivity index (χ0) is 24.8. The molecule has 3 N–H and O–H groups in total. The Morgan fingerprint density at radius 2 is 1.71 bits per heavy atom. The summed E-state index contributed by atoms with van der Waals surface area (Å²) in [5.74, 6) is -1.77. The molecule has 1 aromatic rings. The van der Waals surface area contributed by atoms with E-state index in [4.69, 9.17) is 4.74 Å². The van der Waals surface area contributed by atoms with Gasteiger partial charge in [0.15, 0.2) is 0 Å². The van der Waals surface area contributed by atoms with Crippen molar-refractivity contribution in [2.75, 3.05) is 19.8 Å². The van der Waals surface area contributed by atoms with Crippen molar-refractivity contribution in [2.24, 2.45) is 11.8 Å². The summed E-state index contributed by atoms with van der Waals surface area (Å²) in [6.45, 7) is 7.52. The van der Waals surface area contributed by atoms with Crippen LogP contribution < -0.4 is 10.6 Å². The first-order valence-corrected chi connectivity index (χ1v) is 12.0. The molecule has 1 saturated carbocycles. The fourth-order valence-electron chi connectivity index (χ4n) is 4.38. The Bertz CT molecular complexity index is 818. The predicted octanol–water partition coefficient (Wildman–Crippen LogP) is 3.08. The van der Waals surface area contributed by atoms with E-state index >= 15 is 0 Å². The standard InChI is InChI=1S/C27H38N2O5/c1-3-10-22(19-24(31)29-27(20-30)14-8-9-15-27)25(32)28-16-17-34-26(33)23(11-4-2)18-21-12-6-5-7-13-21/h3-7,12-13,22-23,30H,1-2,8-11,14-20H2,(H,28,32)(H,29,31)/t22-,23+/m0/s1. The van der Waals surface area contributed by atoms with Gasteiger partial charge in [0.25, 0.3) is 0 Å². The number of allylic oxidation sites excluding steroid dienone is 2. The number of esters is 1. The molecular formula is C27H38N2O5. The number of carbonyl (C=O) groups is 3. The molecule has 0 saturated heterocycles. The molecule has 34 heavy (non-hydrogen) atoms. The normalized spacial score (nSPS) is 16.1. The van der Waals surface area contributed by atoms with Gasteiger partial charge in [-0.05, 0) is 37.7 Å². The van der Waals surface area contributed by atoms with Crippen LogP contribution in [0.15, 0.2) is 55.6 Å². The van der Waals surface area contributed by atoms with E-state index in [1.54, 1.807) is 12.2 Å². The smallest absolute Gasteiger partial charge is 0.309 e. The van der Waals surface area contributed by atoms with Crippen molar-refractivity contribution in [1.82, 2.24) is 10.6 Å². The Labute approximate surface area is 202 Å². The molecule has 1 fully saturated rings. The van der Waals surface area contributed by atoms with Crippen LogP contribution in [0.3, 0.4) is 0 Å². The highest BCUT2D eigenvalue weighted by atomic mass is 16.5. The van der Waals surface area contributed by atoms with Crippen molar-refractivity contribution in [2.45, 2.75) is 56.9 Å². The third-order valence-corrected chi connectivity index (χ3v) is 6.28. The van der Waals surface area contributed by atoms with Gasteiger partial charge in [-0.1, -0.05) is 55.3 Å². The number of aliphatic hydroxyl groups is 1. The SMILES string of the molecule is C=CC[C@@H](CC(=O)NC1(CO)CCCC1)C(=O)NCCOC(=O)[C@H](CC=C)Cc1ccccc1. The van der Waals surface area contributed by atoms with Crippen LogP contribution in [-0.2, 0) is 25.5 Å². The van der Waals surface area contributed by atoms with Gasteiger partial charge >= 0.3 is 5.97 Å². The molecule has 1 aliphatic rings. The van der Waals surface area contributed by atoms with Crippen LogP contribution in [0.2, 0.25) is 0 Å². The van der Waals surface area contributed by atoms with Crippen LogP contribution in [0.4, 0.5) is 0 Å². The molecule has 7 nitrogen and oxygen atoms in total. The number of hydrogen-bond donors (Lipinski definition) is 3. The number of hydrogen-bond acceptors (Lipinski definition) is 5. The second-order valence-electron chi connectivity index (χ2n) is 8.99. The molecule has 0 aromatic heterocycles. The molecule has 0 bridgehead atoms. The lowest BCUT2D eigenvalue weighted by atomic mass is 9.95. The Morgan fingerprint density at radius 1 is 1.06 bits per heavy atom. The average molecular weight is 471 g/mol. The summed E-state index contributed by atoms with van der Waals surface area (Å²) in [7, 11) is 0. The second-order valence-corrected chi connectivity index (χ2v) is 8.99. The minimum Gasteiger partial charge on any atom is -0.464 e. The zero-order valence-corrected chi connectivity index (χ0v) is 20.0. The lowest BCUT2D eigenvalue weighted by Crippen LogP contribution is -2.50. The minimum absolute atomic E-state index is 0.0118. The first kappa shape index (κ1) is 27.3. The maximum atomic E-state index is 12.6. The molecule has 1 aliphatic carbocycles. The molecule has 186 valence electrons. The van der Waals surface area contributed by atoms with Crippen molar-refractivity contribution < 1.29 is 24.2 Å². The number of benzene rings is 1. The third-order valence-electron chi connectivity index (χ3n) is 6.28. The predicted molar refractivity (Wildman–Crippen MR) is 132 cm³/mol. The molecule has 2 atom stereocenters. The molecule has 2 amide bonds. The lowest BCUT2D eigenvalue weighted by Gasteiger charge is -2.28. The van der Waals surface area contributed by atoms with E-state index in [-0.39, 0.29) is 49.9 Å². The van der Waals surface area contributed by atoms with Crippen LogP contribution in [0, 0.1) is 11.8 Å². The maximum Gasteiger partial charge on any atom is 0.309 e. The second kappa shape index (κ2) is 14.4. The number of ether oxygens (including phenoxy) is 1. The summed E-state index contributed by atoms with van der Waals surface area (Å²) in [4.78, 5) is 37.7. The molecule has 7 heteroatoms. The van der Waals surface area contributed by atoms with Crippen molar-refractivity contribution >= 4 is 17.8 Å². The summed E-state index contributed by atoms with van der Waals surface area (Å²) < 4.78 is 5.39. The summed E-state index contributed by atoms with van der Waals surface area (Å²) in [5.41, 5.74) is 0.480. The summed E-state index contributed by atoms with van der Waals surface area (Å²) in [6.07, 6.45) is 8.17. The Hall–Kier alpha value is -2.93. The Balaban J connectivity index is 1.79. The minimum atomic E-state index is -0.572. The van der Waals surface area contributed by atoms with E-state index in [0.29, 0.717) is 19.3 Å². The third kappa shape index (κ3) is 8.78. The molecule has 0 heterocycles. The highest BCUT2D eigenvalue weighted by Crippen LogP contribution is 2.29. The molecule has 0 spiro atoms. The molecule has 0 aliphatic heterocycles. The van der Waals surface area contributed by atoms with Crippen LogP contribution in [0.25, 0.3) is 0 Å². The van der Waals surface area contributed by atoms with Gasteiger partial charge in [0, 0.05) is 6.42 Å². The molecule has 0 unspecified atom stereocenters. The van der Waals surface area contributed by atoms with E-state index in [1.165, 1.54) is 0 Å². The first-order chi connectivity index (χ1) is 16.4.